The van der Waals surface area contributed by atoms with Crippen molar-refractivity contribution in [3.8, 4) is 16.9 Å². The van der Waals surface area contributed by atoms with Gasteiger partial charge in [0.25, 0.3) is 0 Å². The minimum atomic E-state index is -4.85. The summed E-state index contributed by atoms with van der Waals surface area (Å²) in [6.45, 7) is 0. The van der Waals surface area contributed by atoms with Crippen molar-refractivity contribution in [3.05, 3.63) is 94.6 Å². The van der Waals surface area contributed by atoms with Crippen molar-refractivity contribution in [3.63, 3.8) is 0 Å². The van der Waals surface area contributed by atoms with Gasteiger partial charge in [-0.15, -0.1) is 0 Å². The Kier molecular flexibility index (Phi) is 8.37. The molecule has 0 atom stereocenters. The third kappa shape index (κ3) is 6.89. The Morgan fingerprint density at radius 3 is 1.78 bits per heavy atom. The Morgan fingerprint density at radius 2 is 1.30 bits per heavy atom. The zero-order chi connectivity index (χ0) is 27.6. The summed E-state index contributed by atoms with van der Waals surface area (Å²) in [5.74, 6) is 0. The van der Waals surface area contributed by atoms with E-state index in [1.54, 1.807) is 18.2 Å². The van der Waals surface area contributed by atoms with Crippen LogP contribution in [0.25, 0.3) is 16.9 Å². The van der Waals surface area contributed by atoms with Gasteiger partial charge < -0.3 is 0 Å². The second-order valence-corrected chi connectivity index (χ2v) is 11.2. The van der Waals surface area contributed by atoms with Crippen LogP contribution < -0.4 is 10.3 Å². The van der Waals surface area contributed by atoms with Gasteiger partial charge in [0.1, 0.15) is 4.90 Å². The summed E-state index contributed by atoms with van der Waals surface area (Å²) in [7, 11) is -7.74. The molecule has 4 aromatic rings. The summed E-state index contributed by atoms with van der Waals surface area (Å²) in [5, 5.41) is 13.2. The van der Waals surface area contributed by atoms with E-state index in [0.29, 0.717) is 5.02 Å². The molecule has 0 saturated heterocycles. The molecule has 3 aromatic carbocycles. The number of para-hydroxylation sites is 1. The van der Waals surface area contributed by atoms with E-state index >= 15 is 0 Å². The van der Waals surface area contributed by atoms with Crippen LogP contribution in [0, 0.1) is 0 Å². The van der Waals surface area contributed by atoms with Crippen molar-refractivity contribution in [2.75, 3.05) is 0 Å². The number of alkyl halides is 3. The standard InChI is InChI=1S/C16H10Cl2F3N3O2S.C6H7NO2S/c17-10-7-5-9(6-8-10)14-13(18)15(16(19,20)21)23-24(14)11-3-1-2-4-12(11)27(22,25)26;7-10(8,9)6-4-2-1-3-5-6/h1-8H,(H2,22,25,26);1-5H,(H2,7,8,9). The third-order valence-electron chi connectivity index (χ3n) is 4.69. The van der Waals surface area contributed by atoms with Gasteiger partial charge in [-0.25, -0.2) is 31.8 Å². The lowest BCUT2D eigenvalue weighted by Gasteiger charge is -2.11. The predicted molar refractivity (Wildman–Crippen MR) is 133 cm³/mol. The fraction of sp³-hybridized carbons (Fsp3) is 0.0455. The van der Waals surface area contributed by atoms with Crippen molar-refractivity contribution in [2.45, 2.75) is 16.0 Å². The average molecular weight is 593 g/mol. The highest BCUT2D eigenvalue weighted by molar-refractivity contribution is 7.89. The van der Waals surface area contributed by atoms with E-state index in [-0.39, 0.29) is 21.8 Å². The van der Waals surface area contributed by atoms with Crippen LogP contribution in [0.4, 0.5) is 13.2 Å². The van der Waals surface area contributed by atoms with E-state index in [9.17, 15) is 30.0 Å². The van der Waals surface area contributed by atoms with Crippen LogP contribution in [-0.4, -0.2) is 26.6 Å². The van der Waals surface area contributed by atoms with Gasteiger partial charge in [0.05, 0.1) is 21.3 Å². The number of nitrogens with two attached hydrogens (primary N) is 2. The van der Waals surface area contributed by atoms with Crippen LogP contribution in [0.3, 0.4) is 0 Å². The number of hydrogen-bond donors (Lipinski definition) is 2. The number of halogens is 5. The maximum atomic E-state index is 13.3. The van der Waals surface area contributed by atoms with E-state index in [0.717, 1.165) is 4.68 Å². The van der Waals surface area contributed by atoms with Gasteiger partial charge in [-0.2, -0.15) is 18.3 Å². The van der Waals surface area contributed by atoms with Crippen LogP contribution in [-0.2, 0) is 26.2 Å². The summed E-state index contributed by atoms with van der Waals surface area (Å²) in [4.78, 5) is -0.247. The molecular formula is C22H17Cl2F3N4O4S2. The van der Waals surface area contributed by atoms with Crippen LogP contribution in [0.1, 0.15) is 5.69 Å². The quantitative estimate of drug-likeness (QED) is 0.349. The molecule has 0 aliphatic heterocycles. The van der Waals surface area contributed by atoms with Gasteiger partial charge in [-0.3, -0.25) is 0 Å². The average Bonchev–Trinajstić information content (AvgIpc) is 3.17. The molecule has 15 heteroatoms. The Bertz CT molecular complexity index is 1630. The van der Waals surface area contributed by atoms with Crippen molar-refractivity contribution in [1.29, 1.82) is 0 Å². The highest BCUT2D eigenvalue weighted by Gasteiger charge is 2.39. The van der Waals surface area contributed by atoms with Gasteiger partial charge in [-0.1, -0.05) is 65.7 Å². The molecule has 8 nitrogen and oxygen atoms in total. The summed E-state index contributed by atoms with van der Waals surface area (Å²) < 4.78 is 85.8. The first-order valence-electron chi connectivity index (χ1n) is 9.92. The molecule has 0 radical (unpaired) electrons. The SMILES string of the molecule is NS(=O)(=O)c1ccccc1.NS(=O)(=O)c1ccccc1-n1nc(C(F)(F)F)c(Cl)c1-c1ccc(Cl)cc1. The molecule has 1 heterocycles. The molecule has 0 spiro atoms. The highest BCUT2D eigenvalue weighted by atomic mass is 35.5. The zero-order valence-electron chi connectivity index (χ0n) is 18.4. The lowest BCUT2D eigenvalue weighted by molar-refractivity contribution is -0.141. The van der Waals surface area contributed by atoms with Crippen LogP contribution >= 0.6 is 23.2 Å². The number of sulfonamides is 2. The summed E-state index contributed by atoms with van der Waals surface area (Å²) in [6.07, 6.45) is -4.85. The van der Waals surface area contributed by atoms with Crippen molar-refractivity contribution in [1.82, 2.24) is 9.78 Å². The second-order valence-electron chi connectivity index (χ2n) is 7.30. The largest absolute Gasteiger partial charge is 0.436 e. The first kappa shape index (κ1) is 28.6. The monoisotopic (exact) mass is 592 g/mol. The van der Waals surface area contributed by atoms with Crippen molar-refractivity contribution in [2.24, 2.45) is 10.3 Å². The maximum absolute atomic E-state index is 13.3. The van der Waals surface area contributed by atoms with E-state index in [4.69, 9.17) is 33.5 Å². The molecule has 0 unspecified atom stereocenters. The molecule has 4 rings (SSSR count). The Balaban J connectivity index is 0.000000319. The molecule has 4 N–H and O–H groups in total. The van der Waals surface area contributed by atoms with Gasteiger partial charge in [0.15, 0.2) is 5.69 Å². The second kappa shape index (κ2) is 10.8. The van der Waals surface area contributed by atoms with Gasteiger partial charge in [0.2, 0.25) is 20.0 Å². The number of rotatable bonds is 4. The minimum absolute atomic E-state index is 0.142. The van der Waals surface area contributed by atoms with Crippen molar-refractivity contribution >= 4 is 43.2 Å². The lowest BCUT2D eigenvalue weighted by Crippen LogP contribution is -2.16. The summed E-state index contributed by atoms with van der Waals surface area (Å²) in [5.41, 5.74) is -1.39. The van der Waals surface area contributed by atoms with Crippen molar-refractivity contribution < 1.29 is 30.0 Å². The Labute approximate surface area is 220 Å². The molecular weight excluding hydrogens is 576 g/mol. The van der Waals surface area contributed by atoms with Crippen LogP contribution in [0.2, 0.25) is 10.0 Å². The molecule has 37 heavy (non-hydrogen) atoms. The summed E-state index contributed by atoms with van der Waals surface area (Å²) in [6, 6.07) is 19.0. The van der Waals surface area contributed by atoms with E-state index in [2.05, 4.69) is 5.10 Å². The minimum Gasteiger partial charge on any atom is -0.230 e. The molecule has 0 bridgehead atoms. The molecule has 0 saturated carbocycles. The fourth-order valence-electron chi connectivity index (χ4n) is 3.09. The smallest absolute Gasteiger partial charge is 0.230 e. The Hall–Kier alpha value is -2.94. The van der Waals surface area contributed by atoms with E-state index in [1.165, 1.54) is 60.7 Å². The predicted octanol–water partition coefficient (Wildman–Crippen LogP) is 4.85. The van der Waals surface area contributed by atoms with Crippen LogP contribution in [0.15, 0.2) is 88.7 Å². The number of aromatic nitrogens is 2. The first-order valence-corrected chi connectivity index (χ1v) is 13.8. The molecule has 1 aromatic heterocycles. The van der Waals surface area contributed by atoms with Gasteiger partial charge in [-0.05, 0) is 36.4 Å². The number of hydrogen-bond acceptors (Lipinski definition) is 5. The summed E-state index contributed by atoms with van der Waals surface area (Å²) >= 11 is 11.8. The van der Waals surface area contributed by atoms with E-state index < -0.39 is 41.8 Å². The molecule has 0 amide bonds. The molecule has 196 valence electrons. The molecule has 0 aliphatic rings. The zero-order valence-corrected chi connectivity index (χ0v) is 21.5. The molecule has 0 fully saturated rings. The number of nitrogens with zero attached hydrogens (tertiary/aromatic N) is 2. The van der Waals surface area contributed by atoms with Crippen LogP contribution in [0.5, 0.6) is 0 Å². The topological polar surface area (TPSA) is 138 Å². The fourth-order valence-corrected chi connectivity index (χ4v) is 4.81. The number of primary sulfonamides is 2. The third-order valence-corrected chi connectivity index (χ3v) is 7.18. The normalized spacial score (nSPS) is 12.1. The first-order chi connectivity index (χ1) is 17.1. The van der Waals surface area contributed by atoms with E-state index in [1.807, 2.05) is 0 Å². The Morgan fingerprint density at radius 1 is 0.757 bits per heavy atom. The van der Waals surface area contributed by atoms with Gasteiger partial charge in [0, 0.05) is 10.6 Å². The van der Waals surface area contributed by atoms with Gasteiger partial charge >= 0.3 is 6.18 Å². The molecule has 0 aliphatic carbocycles. The maximum Gasteiger partial charge on any atom is 0.436 e. The number of benzene rings is 3. The highest BCUT2D eigenvalue weighted by Crippen LogP contribution is 2.41. The lowest BCUT2D eigenvalue weighted by atomic mass is 10.1.